The molecular weight excluding hydrogens is 525 g/mol. The number of anilines is 1. The van der Waals surface area contributed by atoms with Gasteiger partial charge in [-0.15, -0.1) is 0 Å². The summed E-state index contributed by atoms with van der Waals surface area (Å²) in [6, 6.07) is 17.9. The van der Waals surface area contributed by atoms with Crippen molar-refractivity contribution < 1.29 is 4.74 Å². The smallest absolute Gasteiger partial charge is 0.148 e. The van der Waals surface area contributed by atoms with Crippen LogP contribution in [0.25, 0.3) is 0 Å². The second kappa shape index (κ2) is 10.0. The zero-order chi connectivity index (χ0) is 20.1. The molecule has 28 heavy (non-hydrogen) atoms. The van der Waals surface area contributed by atoms with Crippen LogP contribution < -0.4 is 10.1 Å². The number of aryl methyl sites for hydroxylation is 1. The van der Waals surface area contributed by atoms with Crippen molar-refractivity contribution in [3.05, 3.63) is 90.3 Å². The topological polar surface area (TPSA) is 21.3 Å². The number of rotatable bonds is 7. The zero-order valence-corrected chi connectivity index (χ0v) is 19.9. The highest BCUT2D eigenvalue weighted by Gasteiger charge is 2.11. The molecule has 0 heterocycles. The van der Waals surface area contributed by atoms with Gasteiger partial charge in [0.15, 0.2) is 0 Å². The Morgan fingerprint density at radius 3 is 2.32 bits per heavy atom. The summed E-state index contributed by atoms with van der Waals surface area (Å²) in [4.78, 5) is 0. The Balaban J connectivity index is 1.70. The molecule has 1 N–H and O–H groups in total. The molecule has 0 radical (unpaired) electrons. The SMILES string of the molecule is CCc1ccccc1NCc1cc(Br)c(OCc2ccc(Cl)cc2Cl)c(Br)c1. The van der Waals surface area contributed by atoms with Crippen molar-refractivity contribution in [1.29, 1.82) is 0 Å². The Bertz CT molecular complexity index is 955. The Morgan fingerprint density at radius 1 is 0.929 bits per heavy atom. The molecule has 0 saturated heterocycles. The van der Waals surface area contributed by atoms with Gasteiger partial charge in [-0.3, -0.25) is 0 Å². The number of nitrogens with one attached hydrogen (secondary N) is 1. The minimum absolute atomic E-state index is 0.356. The van der Waals surface area contributed by atoms with E-state index in [-0.39, 0.29) is 0 Å². The van der Waals surface area contributed by atoms with E-state index in [9.17, 15) is 0 Å². The quantitative estimate of drug-likeness (QED) is 0.324. The van der Waals surface area contributed by atoms with Crippen LogP contribution in [0.15, 0.2) is 63.5 Å². The van der Waals surface area contributed by atoms with Crippen molar-refractivity contribution in [3.8, 4) is 5.75 Å². The first-order valence-corrected chi connectivity index (χ1v) is 11.2. The predicted octanol–water partition coefficient (Wildman–Crippen LogP) is 8.27. The van der Waals surface area contributed by atoms with E-state index in [0.29, 0.717) is 16.7 Å². The molecule has 0 amide bonds. The summed E-state index contributed by atoms with van der Waals surface area (Å²) in [7, 11) is 0. The van der Waals surface area contributed by atoms with E-state index < -0.39 is 0 Å². The number of hydrogen-bond donors (Lipinski definition) is 1. The summed E-state index contributed by atoms with van der Waals surface area (Å²) < 4.78 is 7.75. The first-order chi connectivity index (χ1) is 13.5. The molecule has 0 aliphatic heterocycles. The van der Waals surface area contributed by atoms with Gasteiger partial charge < -0.3 is 10.1 Å². The number of benzene rings is 3. The van der Waals surface area contributed by atoms with Crippen LogP contribution in [0.3, 0.4) is 0 Å². The van der Waals surface area contributed by atoms with Gasteiger partial charge >= 0.3 is 0 Å². The number of hydrogen-bond acceptors (Lipinski definition) is 2. The zero-order valence-electron chi connectivity index (χ0n) is 15.2. The van der Waals surface area contributed by atoms with Crippen LogP contribution in [0.5, 0.6) is 5.75 Å². The van der Waals surface area contributed by atoms with Gasteiger partial charge in [0.25, 0.3) is 0 Å². The third-order valence-corrected chi connectivity index (χ3v) is 6.09. The van der Waals surface area contributed by atoms with Crippen molar-refractivity contribution >= 4 is 60.7 Å². The van der Waals surface area contributed by atoms with Crippen LogP contribution >= 0.6 is 55.1 Å². The summed E-state index contributed by atoms with van der Waals surface area (Å²) in [6.07, 6.45) is 0.997. The average molecular weight is 544 g/mol. The van der Waals surface area contributed by atoms with E-state index in [1.165, 1.54) is 5.56 Å². The highest BCUT2D eigenvalue weighted by Crippen LogP contribution is 2.36. The highest BCUT2D eigenvalue weighted by molar-refractivity contribution is 9.11. The maximum atomic E-state index is 6.23. The molecule has 3 aromatic rings. The van der Waals surface area contributed by atoms with E-state index in [1.807, 2.05) is 12.1 Å². The lowest BCUT2D eigenvalue weighted by Gasteiger charge is -2.15. The summed E-state index contributed by atoms with van der Waals surface area (Å²) in [5, 5.41) is 4.71. The Labute approximate surface area is 192 Å². The van der Waals surface area contributed by atoms with E-state index in [2.05, 4.69) is 74.4 Å². The molecule has 3 aromatic carbocycles. The second-order valence-corrected chi connectivity index (χ2v) is 8.83. The first kappa shape index (κ1) is 21.5. The van der Waals surface area contributed by atoms with Gasteiger partial charge in [-0.1, -0.05) is 54.4 Å². The summed E-state index contributed by atoms with van der Waals surface area (Å²) in [5.74, 6) is 0.740. The van der Waals surface area contributed by atoms with E-state index in [0.717, 1.165) is 44.5 Å². The van der Waals surface area contributed by atoms with E-state index in [4.69, 9.17) is 27.9 Å². The fraction of sp³-hybridized carbons (Fsp3) is 0.182. The molecular formula is C22H19Br2Cl2NO. The van der Waals surface area contributed by atoms with Gasteiger partial charge in [-0.05, 0) is 79.7 Å². The van der Waals surface area contributed by atoms with Crippen LogP contribution in [0.4, 0.5) is 5.69 Å². The van der Waals surface area contributed by atoms with Crippen molar-refractivity contribution in [1.82, 2.24) is 0 Å². The summed E-state index contributed by atoms with van der Waals surface area (Å²) >= 11 is 19.4. The first-order valence-electron chi connectivity index (χ1n) is 8.84. The Morgan fingerprint density at radius 2 is 1.64 bits per heavy atom. The Kier molecular flexibility index (Phi) is 7.69. The molecule has 3 rings (SSSR count). The molecule has 2 nitrogen and oxygen atoms in total. The van der Waals surface area contributed by atoms with Crippen LogP contribution in [0, 0.1) is 0 Å². The second-order valence-electron chi connectivity index (χ2n) is 6.28. The van der Waals surface area contributed by atoms with Gasteiger partial charge in [0, 0.05) is 27.8 Å². The van der Waals surface area contributed by atoms with Gasteiger partial charge in [0.2, 0.25) is 0 Å². The number of ether oxygens (including phenoxy) is 1. The highest BCUT2D eigenvalue weighted by atomic mass is 79.9. The number of halogens is 4. The summed E-state index contributed by atoms with van der Waals surface area (Å²) in [6.45, 7) is 3.24. The van der Waals surface area contributed by atoms with E-state index >= 15 is 0 Å². The molecule has 146 valence electrons. The largest absolute Gasteiger partial charge is 0.486 e. The maximum absolute atomic E-state index is 6.23. The molecule has 0 bridgehead atoms. The maximum Gasteiger partial charge on any atom is 0.148 e. The fourth-order valence-electron chi connectivity index (χ4n) is 2.84. The molecule has 0 spiro atoms. The van der Waals surface area contributed by atoms with Crippen molar-refractivity contribution in [2.75, 3.05) is 5.32 Å². The van der Waals surface area contributed by atoms with Gasteiger partial charge in [0.1, 0.15) is 12.4 Å². The summed E-state index contributed by atoms with van der Waals surface area (Å²) in [5.41, 5.74) is 4.49. The predicted molar refractivity (Wildman–Crippen MR) is 126 cm³/mol. The third-order valence-electron chi connectivity index (χ3n) is 4.33. The standard InChI is InChI=1S/C22H19Br2Cl2NO/c1-2-15-5-3-4-6-21(15)27-12-14-9-18(23)22(19(24)10-14)28-13-16-7-8-17(25)11-20(16)26/h3-11,27H,2,12-13H2,1H3. The van der Waals surface area contributed by atoms with Crippen LogP contribution in [-0.4, -0.2) is 0 Å². The van der Waals surface area contributed by atoms with Crippen molar-refractivity contribution in [2.45, 2.75) is 26.5 Å². The van der Waals surface area contributed by atoms with Gasteiger partial charge in [-0.25, -0.2) is 0 Å². The van der Waals surface area contributed by atoms with Crippen LogP contribution in [-0.2, 0) is 19.6 Å². The van der Waals surface area contributed by atoms with Crippen molar-refractivity contribution in [2.24, 2.45) is 0 Å². The van der Waals surface area contributed by atoms with E-state index in [1.54, 1.807) is 12.1 Å². The molecule has 0 saturated carbocycles. The van der Waals surface area contributed by atoms with Crippen molar-refractivity contribution in [3.63, 3.8) is 0 Å². The molecule has 0 unspecified atom stereocenters. The molecule has 0 fully saturated rings. The van der Waals surface area contributed by atoms with Gasteiger partial charge in [0.05, 0.1) is 8.95 Å². The van der Waals surface area contributed by atoms with Crippen LogP contribution in [0.1, 0.15) is 23.6 Å². The minimum Gasteiger partial charge on any atom is -0.486 e. The Hall–Kier alpha value is -1.20. The molecule has 0 aliphatic carbocycles. The normalized spacial score (nSPS) is 10.8. The lowest BCUT2D eigenvalue weighted by atomic mass is 10.1. The lowest BCUT2D eigenvalue weighted by molar-refractivity contribution is 0.302. The minimum atomic E-state index is 0.356. The lowest BCUT2D eigenvalue weighted by Crippen LogP contribution is -2.03. The fourth-order valence-corrected chi connectivity index (χ4v) is 4.81. The monoisotopic (exact) mass is 541 g/mol. The average Bonchev–Trinajstić information content (AvgIpc) is 2.67. The third kappa shape index (κ3) is 5.44. The number of para-hydroxylation sites is 1. The van der Waals surface area contributed by atoms with Gasteiger partial charge in [-0.2, -0.15) is 0 Å². The molecule has 6 heteroatoms. The molecule has 0 aliphatic rings. The van der Waals surface area contributed by atoms with Crippen LogP contribution in [0.2, 0.25) is 10.0 Å². The molecule has 0 atom stereocenters. The molecule has 0 aromatic heterocycles.